The zero-order valence-electron chi connectivity index (χ0n) is 29.0. The van der Waals surface area contributed by atoms with Crippen LogP contribution in [-0.2, 0) is 119 Å². The number of nitrogens with one attached hydrogen (secondary N) is 9. The van der Waals surface area contributed by atoms with Gasteiger partial charge in [0.15, 0.2) is 0 Å². The molecule has 3 saturated heterocycles. The van der Waals surface area contributed by atoms with Crippen molar-refractivity contribution in [1.29, 1.82) is 0 Å². The fourth-order valence-electron chi connectivity index (χ4n) is 2.72. The second-order valence-corrected chi connectivity index (χ2v) is 15.4. The average molecular weight is 1380 g/mol. The molecule has 0 aromatic rings. The summed E-state index contributed by atoms with van der Waals surface area (Å²) in [6.07, 6.45) is 0. The van der Waals surface area contributed by atoms with Crippen molar-refractivity contribution in [3.63, 3.8) is 0 Å². The number of hydrogen-bond acceptors (Lipinski definition) is 13. The fourth-order valence-corrected chi connectivity index (χ4v) is 2.72. The van der Waals surface area contributed by atoms with Crippen molar-refractivity contribution in [2.75, 3.05) is 118 Å². The van der Waals surface area contributed by atoms with Gasteiger partial charge < -0.3 is 88.3 Å². The summed E-state index contributed by atoms with van der Waals surface area (Å²) in [6.45, 7) is 19.8. The summed E-state index contributed by atoms with van der Waals surface area (Å²) in [7, 11) is -23.4. The Balaban J connectivity index is -0.0000000563. The molecule has 0 spiro atoms. The Labute approximate surface area is 399 Å². The third-order valence-electron chi connectivity index (χ3n) is 4.31. The van der Waals surface area contributed by atoms with Crippen molar-refractivity contribution in [2.24, 2.45) is 0 Å². The molecule has 0 radical (unpaired) electrons. The first-order chi connectivity index (χ1) is 22.8. The van der Waals surface area contributed by atoms with Gasteiger partial charge in [0.25, 0.3) is 0 Å². The molecule has 57 heavy (non-hydrogen) atoms. The standard InChI is InChI=1S/3C6H15N3.ClH.3F6P.3Mo.Pd.3H2S.S/c3*1-2-8-5-6-9-4-3-7-1;;3*1-7(2,3,4,5)6;;;;;;;;/h3*7-9H,1-6H2;1H;;;;;;;;3*1H2;/q;;;;3*-1;;;+4;+2;;;;/p-4. The van der Waals surface area contributed by atoms with Gasteiger partial charge >= 0.3 is 176 Å². The van der Waals surface area contributed by atoms with Gasteiger partial charge in [-0.05, 0) is 0 Å². The molecule has 0 unspecified atom stereocenters. The van der Waals surface area contributed by atoms with E-state index in [1.54, 1.807) is 0 Å². The van der Waals surface area contributed by atoms with E-state index in [4.69, 9.17) is 0 Å². The quantitative estimate of drug-likeness (QED) is 0.0411. The summed E-state index contributed by atoms with van der Waals surface area (Å²) in [5.74, 6) is 0. The zero-order chi connectivity index (χ0) is 42.3. The predicted molar refractivity (Wildman–Crippen MR) is 196 cm³/mol. The summed E-state index contributed by atoms with van der Waals surface area (Å²) < 4.78 is 178. The molecule has 3 heterocycles. The van der Waals surface area contributed by atoms with E-state index in [9.17, 15) is 75.5 Å². The first-order valence-corrected chi connectivity index (χ1v) is 25.1. The summed E-state index contributed by atoms with van der Waals surface area (Å²) in [5, 5.41) is 29.7. The minimum atomic E-state index is -10.7. The predicted octanol–water partition coefficient (Wildman–Crippen LogP) is 6.97. The van der Waals surface area contributed by atoms with E-state index in [0.29, 0.717) is 0 Å². The summed E-state index contributed by atoms with van der Waals surface area (Å²) >= 11 is 3.76. The second-order valence-electron chi connectivity index (χ2n) is 9.62. The van der Waals surface area contributed by atoms with Crippen LogP contribution in [0.4, 0.5) is 75.5 Å². The van der Waals surface area contributed by atoms with Gasteiger partial charge in [-0.3, -0.25) is 0 Å². The monoisotopic (exact) mass is 1390 g/mol. The van der Waals surface area contributed by atoms with Crippen LogP contribution in [0, 0.1) is 0 Å². The first kappa shape index (κ1) is 84.4. The molecule has 0 amide bonds. The van der Waals surface area contributed by atoms with Gasteiger partial charge in [0.2, 0.25) is 0 Å². The van der Waals surface area contributed by atoms with Crippen molar-refractivity contribution in [1.82, 2.24) is 47.9 Å². The van der Waals surface area contributed by atoms with E-state index >= 15 is 0 Å². The molecule has 0 aromatic carbocycles. The average Bonchev–Trinajstić information content (AvgIpc) is 3.26. The summed E-state index contributed by atoms with van der Waals surface area (Å²) in [6, 6.07) is 0. The first-order valence-electron chi connectivity index (χ1n) is 14.2. The second kappa shape index (κ2) is 36.1. The van der Waals surface area contributed by atoms with Crippen LogP contribution in [0.2, 0.25) is 0 Å². The Bertz CT molecular complexity index is 665. The van der Waals surface area contributed by atoms with Gasteiger partial charge in [0, 0.05) is 139 Å². The van der Waals surface area contributed by atoms with Gasteiger partial charge in [-0.2, -0.15) is 0 Å². The molecule has 9 N–H and O–H groups in total. The molecular formula is C18H48ClF18Mo3N9P3PdS4-. The fraction of sp³-hybridized carbons (Fsp3) is 1.00. The van der Waals surface area contributed by atoms with Crippen molar-refractivity contribution in [3.8, 4) is 0 Å². The molecule has 0 bridgehead atoms. The van der Waals surface area contributed by atoms with E-state index in [1.165, 1.54) is 18.0 Å². The molecule has 0 saturated carbocycles. The zero-order valence-corrected chi connectivity index (χ0v) is 43.6. The minimum absolute atomic E-state index is 0. The molecule has 0 aromatic heterocycles. The third kappa shape index (κ3) is 210. The van der Waals surface area contributed by atoms with Crippen molar-refractivity contribution in [3.05, 3.63) is 0 Å². The van der Waals surface area contributed by atoms with Crippen LogP contribution < -0.4 is 47.9 Å². The summed E-state index contributed by atoms with van der Waals surface area (Å²) in [4.78, 5) is 0. The van der Waals surface area contributed by atoms with E-state index < -0.39 is 23.4 Å². The molecule has 9 nitrogen and oxygen atoms in total. The SMILES string of the molecule is C1CNCCNCCN1.C1CNCCNCCN1.C1CNCCNCCN1.F[P-](F)(F)(F)(F)F.F[P-](F)(F)(F)(F)F.F[P-](F)(F)(F)(F)F.[Cl][Pd+].[Mo+4].[Mo].[SH-].[SH-].[SH-].[S]=[Mo]. The van der Waals surface area contributed by atoms with Crippen LogP contribution >= 0.6 is 42.8 Å². The number of hydrogen-bond donors (Lipinski definition) is 9. The van der Waals surface area contributed by atoms with Crippen molar-refractivity contribution in [2.45, 2.75) is 0 Å². The van der Waals surface area contributed by atoms with E-state index in [2.05, 4.69) is 85.4 Å². The van der Waals surface area contributed by atoms with Gasteiger partial charge in [0.1, 0.15) is 0 Å². The Morgan fingerprint density at radius 1 is 0.298 bits per heavy atom. The molecular weight excluding hydrogens is 1340 g/mol. The molecule has 3 aliphatic heterocycles. The topological polar surface area (TPSA) is 108 Å². The van der Waals surface area contributed by atoms with Gasteiger partial charge in [0.05, 0.1) is 0 Å². The van der Waals surface area contributed by atoms with Gasteiger partial charge in [-0.15, -0.1) is 0 Å². The summed E-state index contributed by atoms with van der Waals surface area (Å²) in [5.41, 5.74) is 0. The van der Waals surface area contributed by atoms with Crippen molar-refractivity contribution < 1.29 is 154 Å². The van der Waals surface area contributed by atoms with E-state index in [0.717, 1.165) is 118 Å². The van der Waals surface area contributed by atoms with Gasteiger partial charge in [-0.25, -0.2) is 0 Å². The molecule has 366 valence electrons. The molecule has 0 atom stereocenters. The molecule has 39 heteroatoms. The Morgan fingerprint density at radius 3 is 0.368 bits per heavy atom. The van der Waals surface area contributed by atoms with E-state index in [1.807, 2.05) is 0 Å². The molecule has 0 aliphatic carbocycles. The van der Waals surface area contributed by atoms with Crippen LogP contribution in [-0.4, -0.2) is 118 Å². The third-order valence-corrected chi connectivity index (χ3v) is 4.31. The van der Waals surface area contributed by atoms with Crippen LogP contribution in [0.3, 0.4) is 0 Å². The van der Waals surface area contributed by atoms with Gasteiger partial charge in [-0.1, -0.05) is 0 Å². The number of halogens is 19. The van der Waals surface area contributed by atoms with Crippen molar-refractivity contribution >= 4 is 83.3 Å². The Kier molecular flexibility index (Phi) is 53.5. The normalized spacial score (nSPS) is 20.1. The molecule has 3 fully saturated rings. The van der Waals surface area contributed by atoms with Crippen LogP contribution in [0.1, 0.15) is 0 Å². The van der Waals surface area contributed by atoms with E-state index in [-0.39, 0.29) is 82.6 Å². The van der Waals surface area contributed by atoms with Crippen LogP contribution in [0.15, 0.2) is 0 Å². The van der Waals surface area contributed by atoms with Crippen LogP contribution in [0.5, 0.6) is 0 Å². The number of thiol groups is 3. The molecule has 3 rings (SSSR count). The Morgan fingerprint density at radius 2 is 0.333 bits per heavy atom. The maximum atomic E-state index is 9.87. The maximum absolute atomic E-state index is 10.7. The number of rotatable bonds is 0. The Hall–Kier alpha value is 3.96. The van der Waals surface area contributed by atoms with Crippen LogP contribution in [0.25, 0.3) is 0 Å². The molecule has 3 aliphatic rings.